The van der Waals surface area contributed by atoms with Crippen molar-refractivity contribution in [2.24, 2.45) is 7.05 Å². The van der Waals surface area contributed by atoms with Gasteiger partial charge in [-0.2, -0.15) is 5.10 Å². The molecule has 0 atom stereocenters. The summed E-state index contributed by atoms with van der Waals surface area (Å²) in [5, 5.41) is 10.6. The van der Waals surface area contributed by atoms with Gasteiger partial charge in [-0.3, -0.25) is 10.1 Å². The number of aryl methyl sites for hydroxylation is 1. The number of fused-ring (bicyclic) bond motifs is 2. The molecule has 6 heterocycles. The van der Waals surface area contributed by atoms with Gasteiger partial charge in [-0.25, -0.2) is 15.0 Å². The summed E-state index contributed by atoms with van der Waals surface area (Å²) < 4.78 is 2.02. The summed E-state index contributed by atoms with van der Waals surface area (Å²) in [7, 11) is 1.98. The average molecular weight is 412 g/mol. The van der Waals surface area contributed by atoms with E-state index in [1.807, 2.05) is 42.9 Å². The van der Waals surface area contributed by atoms with Gasteiger partial charge in [0.1, 0.15) is 17.0 Å². The summed E-state index contributed by atoms with van der Waals surface area (Å²) in [5.74, 6) is 1.61. The molecule has 0 aromatic carbocycles. The third-order valence-electron chi connectivity index (χ3n) is 5.33. The molecule has 0 bridgehead atoms. The van der Waals surface area contributed by atoms with E-state index in [1.165, 1.54) is 0 Å². The van der Waals surface area contributed by atoms with Gasteiger partial charge >= 0.3 is 0 Å². The minimum absolute atomic E-state index is 0.672. The maximum Gasteiger partial charge on any atom is 0.160 e. The predicted octanol–water partition coefficient (Wildman–Crippen LogP) is 4.33. The maximum atomic E-state index is 4.85. The first-order chi connectivity index (χ1) is 14.7. The van der Waals surface area contributed by atoms with Gasteiger partial charge in [0.25, 0.3) is 0 Å². The van der Waals surface area contributed by atoms with E-state index in [9.17, 15) is 0 Å². The number of nitrogens with zero attached hydrogens (tertiary/aromatic N) is 6. The Morgan fingerprint density at radius 2 is 2.03 bits per heavy atom. The van der Waals surface area contributed by atoms with E-state index < -0.39 is 0 Å². The van der Waals surface area contributed by atoms with E-state index in [2.05, 4.69) is 41.6 Å². The lowest BCUT2D eigenvalue weighted by atomic mass is 10.2. The number of pyridine rings is 2. The van der Waals surface area contributed by atoms with Crippen LogP contribution in [0.3, 0.4) is 0 Å². The molecule has 0 spiro atoms. The Kier molecular flexibility index (Phi) is 3.59. The van der Waals surface area contributed by atoms with E-state index >= 15 is 0 Å². The van der Waals surface area contributed by atoms with Crippen LogP contribution < -0.4 is 0 Å². The summed E-state index contributed by atoms with van der Waals surface area (Å²) in [5.41, 5.74) is 6.01. The zero-order valence-corrected chi connectivity index (χ0v) is 17.0. The maximum absolute atomic E-state index is 4.85. The average Bonchev–Trinajstić information content (AvgIpc) is 3.54. The zero-order valence-electron chi connectivity index (χ0n) is 16.2. The fraction of sp³-hybridized carbons (Fsp3) is 0.0952. The van der Waals surface area contributed by atoms with Crippen molar-refractivity contribution in [3.8, 4) is 33.3 Å². The molecule has 0 saturated heterocycles. The number of nitrogens with one attached hydrogen (secondary N) is 2. The summed E-state index contributed by atoms with van der Waals surface area (Å²) in [4.78, 5) is 22.8. The van der Waals surface area contributed by atoms with Gasteiger partial charge in [0.15, 0.2) is 11.5 Å². The van der Waals surface area contributed by atoms with Crippen LogP contribution in [0.4, 0.5) is 0 Å². The van der Waals surface area contributed by atoms with Crippen molar-refractivity contribution in [2.45, 2.75) is 6.92 Å². The highest BCUT2D eigenvalue weighted by molar-refractivity contribution is 7.13. The van der Waals surface area contributed by atoms with Crippen molar-refractivity contribution < 1.29 is 0 Å². The fourth-order valence-corrected chi connectivity index (χ4v) is 4.38. The van der Waals surface area contributed by atoms with Crippen LogP contribution in [0.25, 0.3) is 55.4 Å². The Hall–Kier alpha value is -3.85. The quantitative estimate of drug-likeness (QED) is 0.450. The molecule has 6 rings (SSSR count). The van der Waals surface area contributed by atoms with Gasteiger partial charge < -0.3 is 9.55 Å². The number of thiophene rings is 1. The molecule has 146 valence electrons. The normalized spacial score (nSPS) is 11.7. The number of hydrogen-bond acceptors (Lipinski definition) is 6. The minimum Gasteiger partial charge on any atom is -0.330 e. The molecule has 0 fully saturated rings. The third-order valence-corrected chi connectivity index (χ3v) is 6.23. The smallest absolute Gasteiger partial charge is 0.160 e. The molecule has 30 heavy (non-hydrogen) atoms. The first-order valence-corrected chi connectivity index (χ1v) is 10.3. The molecule has 2 N–H and O–H groups in total. The lowest BCUT2D eigenvalue weighted by molar-refractivity contribution is 0.862. The molecule has 9 heteroatoms. The minimum atomic E-state index is 0.672. The number of rotatable bonds is 3. The van der Waals surface area contributed by atoms with Crippen molar-refractivity contribution in [3.63, 3.8) is 0 Å². The molecule has 0 unspecified atom stereocenters. The lowest BCUT2D eigenvalue weighted by Gasteiger charge is -2.03. The Bertz CT molecular complexity index is 1520. The number of hydrogen-bond donors (Lipinski definition) is 2. The van der Waals surface area contributed by atoms with Crippen LogP contribution in [-0.4, -0.2) is 39.7 Å². The third kappa shape index (κ3) is 2.49. The van der Waals surface area contributed by atoms with Crippen LogP contribution in [0.15, 0.2) is 48.2 Å². The Labute approximate surface area is 174 Å². The SMILES string of the molecule is Cc1ncc(-c2cc3c(-c4nc5c(-c6cccs6)ccnc5[nH]4)n[nH]c3cn2)n1C. The molecule has 0 saturated carbocycles. The number of aromatic nitrogens is 8. The van der Waals surface area contributed by atoms with Crippen molar-refractivity contribution in [1.82, 2.24) is 39.7 Å². The van der Waals surface area contributed by atoms with Crippen LogP contribution in [-0.2, 0) is 7.05 Å². The number of imidazole rings is 2. The van der Waals surface area contributed by atoms with Gasteiger partial charge in [0, 0.05) is 29.1 Å². The van der Waals surface area contributed by atoms with Crippen molar-refractivity contribution >= 4 is 33.4 Å². The molecule has 0 amide bonds. The molecular formula is C21H16N8S. The van der Waals surface area contributed by atoms with Gasteiger partial charge in [-0.15, -0.1) is 11.3 Å². The van der Waals surface area contributed by atoms with E-state index in [4.69, 9.17) is 4.98 Å². The van der Waals surface area contributed by atoms with Crippen molar-refractivity contribution in [3.05, 3.63) is 54.1 Å². The summed E-state index contributed by atoms with van der Waals surface area (Å²) in [6.07, 6.45) is 5.43. The molecular weight excluding hydrogens is 396 g/mol. The molecule has 8 nitrogen and oxygen atoms in total. The van der Waals surface area contributed by atoms with Crippen LogP contribution in [0.2, 0.25) is 0 Å². The van der Waals surface area contributed by atoms with E-state index in [0.29, 0.717) is 5.82 Å². The molecule has 0 aliphatic carbocycles. The van der Waals surface area contributed by atoms with Crippen LogP contribution in [0, 0.1) is 6.92 Å². The first kappa shape index (κ1) is 17.0. The monoisotopic (exact) mass is 412 g/mol. The first-order valence-electron chi connectivity index (χ1n) is 9.41. The lowest BCUT2D eigenvalue weighted by Crippen LogP contribution is -1.95. The highest BCUT2D eigenvalue weighted by Gasteiger charge is 2.17. The molecule has 0 radical (unpaired) electrons. The Morgan fingerprint density at radius 3 is 2.83 bits per heavy atom. The molecule has 6 aromatic heterocycles. The highest BCUT2D eigenvalue weighted by Crippen LogP contribution is 2.33. The zero-order chi connectivity index (χ0) is 20.2. The fourth-order valence-electron chi connectivity index (χ4n) is 3.63. The second-order valence-electron chi connectivity index (χ2n) is 7.06. The standard InChI is InChI=1S/C21H16N8S/c1-11-23-10-16(29(11)2)14-8-13-15(9-24-14)27-28-19(13)21-25-18-12(17-4-3-7-30-17)5-6-22-20(18)26-21/h3-10H,1-2H3,(H,27,28)(H,22,25,26). The van der Waals surface area contributed by atoms with Gasteiger partial charge in [-0.1, -0.05) is 6.07 Å². The number of H-pyrrole nitrogens is 2. The molecule has 6 aromatic rings. The topological polar surface area (TPSA) is 101 Å². The van der Waals surface area contributed by atoms with E-state index in [-0.39, 0.29) is 0 Å². The van der Waals surface area contributed by atoms with Crippen LogP contribution in [0.1, 0.15) is 5.82 Å². The van der Waals surface area contributed by atoms with Crippen molar-refractivity contribution in [1.29, 1.82) is 0 Å². The molecule has 0 aliphatic heterocycles. The Balaban J connectivity index is 1.53. The largest absolute Gasteiger partial charge is 0.330 e. The van der Waals surface area contributed by atoms with Crippen LogP contribution in [0.5, 0.6) is 0 Å². The van der Waals surface area contributed by atoms with Crippen molar-refractivity contribution in [2.75, 3.05) is 0 Å². The predicted molar refractivity (Wildman–Crippen MR) is 117 cm³/mol. The number of aromatic amines is 2. The highest BCUT2D eigenvalue weighted by atomic mass is 32.1. The van der Waals surface area contributed by atoms with Gasteiger partial charge in [0.05, 0.1) is 29.3 Å². The summed E-state index contributed by atoms with van der Waals surface area (Å²) in [6.45, 7) is 1.97. The van der Waals surface area contributed by atoms with Gasteiger partial charge in [0.2, 0.25) is 0 Å². The van der Waals surface area contributed by atoms with E-state index in [0.717, 1.165) is 55.4 Å². The second kappa shape index (κ2) is 6.33. The summed E-state index contributed by atoms with van der Waals surface area (Å²) >= 11 is 1.68. The van der Waals surface area contributed by atoms with Gasteiger partial charge in [-0.05, 0) is 30.5 Å². The van der Waals surface area contributed by atoms with E-state index in [1.54, 1.807) is 23.7 Å². The Morgan fingerprint density at radius 1 is 1.10 bits per heavy atom. The second-order valence-corrected chi connectivity index (χ2v) is 8.00. The van der Waals surface area contributed by atoms with Crippen LogP contribution >= 0.6 is 11.3 Å². The molecule has 0 aliphatic rings. The summed E-state index contributed by atoms with van der Waals surface area (Å²) in [6, 6.07) is 8.14.